The van der Waals surface area contributed by atoms with Crippen LogP contribution >= 0.6 is 0 Å². The van der Waals surface area contributed by atoms with Crippen molar-refractivity contribution in [3.63, 3.8) is 0 Å². The summed E-state index contributed by atoms with van der Waals surface area (Å²) in [5, 5.41) is 22.4. The molecule has 0 bridgehead atoms. The van der Waals surface area contributed by atoms with Gasteiger partial charge in [-0.15, -0.1) is 0 Å². The van der Waals surface area contributed by atoms with Gasteiger partial charge in [-0.1, -0.05) is 35.5 Å². The molecule has 1 fully saturated rings. The number of carboxylic acids is 1. The lowest BCUT2D eigenvalue weighted by molar-refractivity contribution is 0.0694. The van der Waals surface area contributed by atoms with E-state index in [0.717, 1.165) is 11.6 Å². The molecule has 3 aromatic rings. The van der Waals surface area contributed by atoms with Crippen molar-refractivity contribution in [3.05, 3.63) is 69.8 Å². The van der Waals surface area contributed by atoms with Crippen molar-refractivity contribution < 1.29 is 24.2 Å². The van der Waals surface area contributed by atoms with Crippen LogP contribution in [0.2, 0.25) is 0 Å². The average molecular weight is 480 g/mol. The molecule has 10 heteroatoms. The summed E-state index contributed by atoms with van der Waals surface area (Å²) in [6, 6.07) is 10.3. The van der Waals surface area contributed by atoms with Crippen LogP contribution in [0.15, 0.2) is 52.5 Å². The standard InChI is InChI=1S/C25H25FN4O5/c1-15-14-35-24-21-17(23(31)18(25(32)33)12-30(15)21)11-19(26)22(24)29-9-7-28(8-10-29)13-20(27-34)16-5-3-2-4-6-16/h2-6,11-12,15,34H,7-10,13-14H2,1H3,(H,32,33)/b27-20+/t15-/m0/s1. The second-order valence-electron chi connectivity index (χ2n) is 8.85. The van der Waals surface area contributed by atoms with Gasteiger partial charge in [0.25, 0.3) is 0 Å². The average Bonchev–Trinajstić information content (AvgIpc) is 2.86. The second kappa shape index (κ2) is 9.03. The number of halogens is 1. The molecule has 0 unspecified atom stereocenters. The zero-order valence-corrected chi connectivity index (χ0v) is 19.1. The van der Waals surface area contributed by atoms with Crippen molar-refractivity contribution in [1.29, 1.82) is 0 Å². The fourth-order valence-corrected chi connectivity index (χ4v) is 4.81. The zero-order valence-electron chi connectivity index (χ0n) is 19.1. The number of hydrogen-bond acceptors (Lipinski definition) is 7. The Balaban J connectivity index is 1.45. The Bertz CT molecular complexity index is 1380. The van der Waals surface area contributed by atoms with E-state index in [4.69, 9.17) is 4.74 Å². The summed E-state index contributed by atoms with van der Waals surface area (Å²) in [4.78, 5) is 28.4. The van der Waals surface area contributed by atoms with Gasteiger partial charge in [-0.3, -0.25) is 9.69 Å². The maximum atomic E-state index is 15.4. The molecule has 2 N–H and O–H groups in total. The van der Waals surface area contributed by atoms with Gasteiger partial charge in [0.15, 0.2) is 11.6 Å². The fourth-order valence-electron chi connectivity index (χ4n) is 4.81. The Morgan fingerprint density at radius 1 is 1.20 bits per heavy atom. The highest BCUT2D eigenvalue weighted by molar-refractivity contribution is 6.01. The summed E-state index contributed by atoms with van der Waals surface area (Å²) < 4.78 is 23.1. The summed E-state index contributed by atoms with van der Waals surface area (Å²) in [5.74, 6) is -1.70. The highest BCUT2D eigenvalue weighted by Gasteiger charge is 2.31. The third kappa shape index (κ3) is 3.99. The fraction of sp³-hybridized carbons (Fsp3) is 0.320. The largest absolute Gasteiger partial charge is 0.487 e. The molecule has 0 amide bonds. The molecule has 1 atom stereocenters. The van der Waals surface area contributed by atoms with Crippen molar-refractivity contribution in [2.75, 3.05) is 44.2 Å². The molecule has 2 aliphatic heterocycles. The first-order chi connectivity index (χ1) is 16.9. The number of benzene rings is 2. The number of nitrogens with zero attached hydrogens (tertiary/aromatic N) is 4. The lowest BCUT2D eigenvalue weighted by Crippen LogP contribution is -2.48. The lowest BCUT2D eigenvalue weighted by Gasteiger charge is -2.38. The van der Waals surface area contributed by atoms with E-state index in [1.165, 1.54) is 6.20 Å². The quantitative estimate of drug-likeness (QED) is 0.329. The summed E-state index contributed by atoms with van der Waals surface area (Å²) >= 11 is 0. The van der Waals surface area contributed by atoms with Crippen molar-refractivity contribution in [2.45, 2.75) is 13.0 Å². The Kier molecular flexibility index (Phi) is 5.89. The third-order valence-corrected chi connectivity index (χ3v) is 6.66. The number of aromatic carboxylic acids is 1. The zero-order chi connectivity index (χ0) is 24.7. The molecule has 0 spiro atoms. The molecule has 5 rings (SSSR count). The van der Waals surface area contributed by atoms with Crippen molar-refractivity contribution in [3.8, 4) is 5.75 Å². The van der Waals surface area contributed by atoms with E-state index < -0.39 is 22.8 Å². The van der Waals surface area contributed by atoms with Gasteiger partial charge in [-0.2, -0.15) is 0 Å². The molecule has 3 heterocycles. The highest BCUT2D eigenvalue weighted by Crippen LogP contribution is 2.42. The van der Waals surface area contributed by atoms with E-state index in [-0.39, 0.29) is 29.5 Å². The van der Waals surface area contributed by atoms with Gasteiger partial charge in [-0.05, 0) is 13.0 Å². The van der Waals surface area contributed by atoms with E-state index >= 15 is 4.39 Å². The Morgan fingerprint density at radius 2 is 1.91 bits per heavy atom. The number of aromatic nitrogens is 1. The monoisotopic (exact) mass is 480 g/mol. The van der Waals surface area contributed by atoms with Gasteiger partial charge in [0.2, 0.25) is 5.43 Å². The summed E-state index contributed by atoms with van der Waals surface area (Å²) in [5.41, 5.74) is 0.966. The topological polar surface area (TPSA) is 108 Å². The predicted molar refractivity (Wildman–Crippen MR) is 129 cm³/mol. The molecule has 1 saturated heterocycles. The number of carbonyl (C=O) groups is 1. The van der Waals surface area contributed by atoms with Gasteiger partial charge in [0, 0.05) is 44.5 Å². The number of anilines is 1. The molecule has 0 radical (unpaired) electrons. The minimum absolute atomic E-state index is 0.00186. The van der Waals surface area contributed by atoms with Crippen LogP contribution in [0.25, 0.3) is 10.9 Å². The molecule has 0 aliphatic carbocycles. The molecule has 182 valence electrons. The van der Waals surface area contributed by atoms with Gasteiger partial charge < -0.3 is 24.5 Å². The van der Waals surface area contributed by atoms with Crippen LogP contribution in [-0.2, 0) is 0 Å². The van der Waals surface area contributed by atoms with Crippen LogP contribution in [0, 0.1) is 5.82 Å². The van der Waals surface area contributed by atoms with Crippen molar-refractivity contribution in [1.82, 2.24) is 9.47 Å². The third-order valence-electron chi connectivity index (χ3n) is 6.66. The summed E-state index contributed by atoms with van der Waals surface area (Å²) in [7, 11) is 0. The van der Waals surface area contributed by atoms with Gasteiger partial charge in [-0.25, -0.2) is 9.18 Å². The number of pyridine rings is 1. The van der Waals surface area contributed by atoms with Gasteiger partial charge in [0.1, 0.15) is 23.6 Å². The molecule has 2 aliphatic rings. The molecule has 9 nitrogen and oxygen atoms in total. The predicted octanol–water partition coefficient (Wildman–Crippen LogP) is 2.79. The van der Waals surface area contributed by atoms with Crippen LogP contribution in [-0.4, -0.2) is 70.8 Å². The SMILES string of the molecule is C[C@H]1COc2c(N3CCN(C/C(=N\O)c4ccccc4)CC3)c(F)cc3c(=O)c(C(=O)O)cn1c23. The van der Waals surface area contributed by atoms with Crippen LogP contribution < -0.4 is 15.1 Å². The lowest BCUT2D eigenvalue weighted by atomic mass is 10.1. The second-order valence-corrected chi connectivity index (χ2v) is 8.85. The van der Waals surface area contributed by atoms with Crippen LogP contribution in [0.5, 0.6) is 5.75 Å². The first-order valence-corrected chi connectivity index (χ1v) is 11.4. The van der Waals surface area contributed by atoms with Gasteiger partial charge >= 0.3 is 5.97 Å². The maximum Gasteiger partial charge on any atom is 0.341 e. The first kappa shape index (κ1) is 22.9. The van der Waals surface area contributed by atoms with E-state index in [9.17, 15) is 19.9 Å². The van der Waals surface area contributed by atoms with Crippen LogP contribution in [0.1, 0.15) is 28.9 Å². The minimum atomic E-state index is -1.34. The molecule has 1 aromatic heterocycles. The minimum Gasteiger partial charge on any atom is -0.487 e. The first-order valence-electron chi connectivity index (χ1n) is 11.4. The molecule has 35 heavy (non-hydrogen) atoms. The number of ether oxygens (including phenoxy) is 1. The van der Waals surface area contributed by atoms with Gasteiger partial charge in [0.05, 0.1) is 16.9 Å². The van der Waals surface area contributed by atoms with E-state index in [2.05, 4.69) is 10.1 Å². The van der Waals surface area contributed by atoms with E-state index in [1.807, 2.05) is 42.2 Å². The number of piperazine rings is 1. The molecule has 0 saturated carbocycles. The number of oxime groups is 1. The van der Waals surface area contributed by atoms with Crippen LogP contribution in [0.4, 0.5) is 10.1 Å². The summed E-state index contributed by atoms with van der Waals surface area (Å²) in [6.45, 7) is 4.74. The summed E-state index contributed by atoms with van der Waals surface area (Å²) in [6.07, 6.45) is 1.32. The smallest absolute Gasteiger partial charge is 0.341 e. The van der Waals surface area contributed by atoms with Crippen LogP contribution in [0.3, 0.4) is 0 Å². The molecule has 2 aromatic carbocycles. The number of hydrogen-bond donors (Lipinski definition) is 2. The van der Waals surface area contributed by atoms with Crippen molar-refractivity contribution >= 4 is 28.3 Å². The molecular formula is C25H25FN4O5. The Morgan fingerprint density at radius 3 is 2.57 bits per heavy atom. The molecular weight excluding hydrogens is 455 g/mol. The van der Waals surface area contributed by atoms with Crippen molar-refractivity contribution in [2.24, 2.45) is 5.16 Å². The highest BCUT2D eigenvalue weighted by atomic mass is 19.1. The Hall–Kier alpha value is -3.92. The van der Waals surface area contributed by atoms with E-state index in [1.54, 1.807) is 4.57 Å². The Labute approximate surface area is 200 Å². The number of carboxylic acid groups (broad SMARTS) is 1. The normalized spacial score (nSPS) is 18.5. The number of rotatable bonds is 5. The maximum absolute atomic E-state index is 15.4. The van der Waals surface area contributed by atoms with E-state index in [0.29, 0.717) is 44.0 Å².